The van der Waals surface area contributed by atoms with Crippen LogP contribution in [0.15, 0.2) is 18.2 Å². The van der Waals surface area contributed by atoms with E-state index in [-0.39, 0.29) is 17.0 Å². The number of halogens is 1. The third kappa shape index (κ3) is 3.38. The van der Waals surface area contributed by atoms with Gasteiger partial charge in [-0.05, 0) is 89.2 Å². The summed E-state index contributed by atoms with van der Waals surface area (Å²) >= 11 is 0. The van der Waals surface area contributed by atoms with E-state index in [9.17, 15) is 4.39 Å². The van der Waals surface area contributed by atoms with Crippen molar-refractivity contribution < 1.29 is 13.9 Å². The topological polar surface area (TPSA) is 37.5 Å². The Labute approximate surface area is 167 Å². The number of aromatic nitrogens is 1. The van der Waals surface area contributed by atoms with Crippen molar-refractivity contribution in [3.63, 3.8) is 0 Å². The SMILES string of the molecule is COCCCCC1(N(C)C)CCC2(CC1)OCCc1c2[nH]c2ccc(F)cc12. The van der Waals surface area contributed by atoms with Crippen molar-refractivity contribution in [2.24, 2.45) is 0 Å². The van der Waals surface area contributed by atoms with Gasteiger partial charge < -0.3 is 19.4 Å². The second-order valence-corrected chi connectivity index (χ2v) is 8.83. The molecule has 0 unspecified atom stereocenters. The Bertz CT molecular complexity index is 821. The summed E-state index contributed by atoms with van der Waals surface area (Å²) in [5.41, 5.74) is 3.48. The van der Waals surface area contributed by atoms with Crippen molar-refractivity contribution in [3.8, 4) is 0 Å². The van der Waals surface area contributed by atoms with Crippen LogP contribution in [0.25, 0.3) is 10.9 Å². The fourth-order valence-corrected chi connectivity index (χ4v) is 5.42. The normalized spacial score (nSPS) is 27.6. The van der Waals surface area contributed by atoms with E-state index in [0.29, 0.717) is 0 Å². The van der Waals surface area contributed by atoms with Gasteiger partial charge >= 0.3 is 0 Å². The molecule has 1 N–H and O–H groups in total. The minimum absolute atomic E-state index is 0.166. The predicted octanol–water partition coefficient (Wildman–Crippen LogP) is 4.77. The highest BCUT2D eigenvalue weighted by Crippen LogP contribution is 2.50. The molecule has 154 valence electrons. The first-order valence-electron chi connectivity index (χ1n) is 10.6. The van der Waals surface area contributed by atoms with Gasteiger partial charge in [-0.15, -0.1) is 0 Å². The van der Waals surface area contributed by atoms with Crippen LogP contribution in [0.5, 0.6) is 0 Å². The number of fused-ring (bicyclic) bond motifs is 4. The number of benzene rings is 1. The Morgan fingerprint density at radius 3 is 2.68 bits per heavy atom. The second-order valence-electron chi connectivity index (χ2n) is 8.83. The van der Waals surface area contributed by atoms with E-state index in [0.717, 1.165) is 62.6 Å². The van der Waals surface area contributed by atoms with E-state index in [4.69, 9.17) is 9.47 Å². The van der Waals surface area contributed by atoms with Gasteiger partial charge in [-0.25, -0.2) is 4.39 Å². The maximum absolute atomic E-state index is 13.8. The Hall–Kier alpha value is -1.43. The number of nitrogens with zero attached hydrogens (tertiary/aromatic N) is 1. The first-order chi connectivity index (χ1) is 13.5. The van der Waals surface area contributed by atoms with Crippen molar-refractivity contribution in [2.75, 3.05) is 34.4 Å². The number of methoxy groups -OCH3 is 1. The number of hydrogen-bond donors (Lipinski definition) is 1. The van der Waals surface area contributed by atoms with Crippen LogP contribution < -0.4 is 0 Å². The van der Waals surface area contributed by atoms with Gasteiger partial charge in [-0.2, -0.15) is 0 Å². The highest BCUT2D eigenvalue weighted by molar-refractivity contribution is 5.85. The van der Waals surface area contributed by atoms with Crippen LogP contribution in [0.1, 0.15) is 56.2 Å². The van der Waals surface area contributed by atoms with Crippen LogP contribution in [0, 0.1) is 5.82 Å². The summed E-state index contributed by atoms with van der Waals surface area (Å²) in [4.78, 5) is 6.03. The molecular formula is C23H33FN2O2. The molecule has 2 heterocycles. The number of rotatable bonds is 6. The standard InChI is InChI=1S/C23H33FN2O2/c1-26(2)22(9-4-5-14-27-3)10-12-23(13-11-22)21-18(8-15-28-23)19-16-17(24)6-7-20(19)25-21/h6-7,16,25H,4-5,8-15H2,1-3H3. The molecule has 28 heavy (non-hydrogen) atoms. The number of H-pyrrole nitrogens is 1. The van der Waals surface area contributed by atoms with Gasteiger partial charge in [0.25, 0.3) is 0 Å². The Balaban J connectivity index is 1.58. The van der Waals surface area contributed by atoms with Crippen LogP contribution in [0.3, 0.4) is 0 Å². The summed E-state index contributed by atoms with van der Waals surface area (Å²) in [5.74, 6) is -0.166. The van der Waals surface area contributed by atoms with Gasteiger partial charge in [0.2, 0.25) is 0 Å². The molecule has 0 atom stereocenters. The summed E-state index contributed by atoms with van der Waals surface area (Å²) in [6.45, 7) is 1.56. The van der Waals surface area contributed by atoms with Gasteiger partial charge in [0, 0.05) is 30.2 Å². The second kappa shape index (κ2) is 7.77. The quantitative estimate of drug-likeness (QED) is 0.725. The fraction of sp³-hybridized carbons (Fsp3) is 0.652. The van der Waals surface area contributed by atoms with Gasteiger partial charge in [0.1, 0.15) is 11.4 Å². The number of nitrogens with one attached hydrogen (secondary N) is 1. The maximum Gasteiger partial charge on any atom is 0.123 e. The third-order valence-corrected chi connectivity index (χ3v) is 7.23. The molecule has 4 rings (SSSR count). The molecule has 1 fully saturated rings. The first kappa shape index (κ1) is 19.9. The molecule has 1 aliphatic carbocycles. The van der Waals surface area contributed by atoms with Crippen LogP contribution in [0.4, 0.5) is 4.39 Å². The van der Waals surface area contributed by atoms with Crippen LogP contribution >= 0.6 is 0 Å². The minimum Gasteiger partial charge on any atom is -0.385 e. The molecule has 1 spiro atoms. The van der Waals surface area contributed by atoms with E-state index in [2.05, 4.69) is 24.0 Å². The van der Waals surface area contributed by atoms with Crippen molar-refractivity contribution in [2.45, 2.75) is 62.5 Å². The van der Waals surface area contributed by atoms with Gasteiger partial charge in [0.15, 0.2) is 0 Å². The van der Waals surface area contributed by atoms with Crippen molar-refractivity contribution >= 4 is 10.9 Å². The molecule has 2 aromatic rings. The number of unbranched alkanes of at least 4 members (excludes halogenated alkanes) is 1. The van der Waals surface area contributed by atoms with Crippen molar-refractivity contribution in [1.82, 2.24) is 9.88 Å². The van der Waals surface area contributed by atoms with Crippen LogP contribution in [-0.2, 0) is 21.5 Å². The lowest BCUT2D eigenvalue weighted by Crippen LogP contribution is -2.52. The largest absolute Gasteiger partial charge is 0.385 e. The number of hydrogen-bond acceptors (Lipinski definition) is 3. The lowest BCUT2D eigenvalue weighted by molar-refractivity contribution is -0.113. The lowest BCUT2D eigenvalue weighted by atomic mass is 9.69. The highest BCUT2D eigenvalue weighted by Gasteiger charge is 2.48. The average Bonchev–Trinajstić information content (AvgIpc) is 3.06. The van der Waals surface area contributed by atoms with Crippen molar-refractivity contribution in [3.05, 3.63) is 35.3 Å². The molecule has 0 radical (unpaired) electrons. The Morgan fingerprint density at radius 1 is 1.18 bits per heavy atom. The van der Waals surface area contributed by atoms with E-state index < -0.39 is 0 Å². The Morgan fingerprint density at radius 2 is 1.96 bits per heavy atom. The molecule has 1 aromatic heterocycles. The van der Waals surface area contributed by atoms with E-state index >= 15 is 0 Å². The maximum atomic E-state index is 13.8. The van der Waals surface area contributed by atoms with E-state index in [1.54, 1.807) is 13.2 Å². The molecule has 5 heteroatoms. The summed E-state index contributed by atoms with van der Waals surface area (Å²) in [7, 11) is 6.21. The Kier molecular flexibility index (Phi) is 5.51. The average molecular weight is 389 g/mol. The minimum atomic E-state index is -0.241. The lowest BCUT2D eigenvalue weighted by Gasteiger charge is -2.50. The smallest absolute Gasteiger partial charge is 0.123 e. The number of aromatic amines is 1. The zero-order chi connectivity index (χ0) is 19.8. The monoisotopic (exact) mass is 388 g/mol. The molecule has 4 nitrogen and oxygen atoms in total. The number of ether oxygens (including phenoxy) is 2. The summed E-state index contributed by atoms with van der Waals surface area (Å²) < 4.78 is 25.5. The van der Waals surface area contributed by atoms with Gasteiger partial charge in [-0.1, -0.05) is 0 Å². The zero-order valence-corrected chi connectivity index (χ0v) is 17.4. The molecule has 2 aliphatic rings. The molecule has 1 aromatic carbocycles. The molecule has 1 aliphatic heterocycles. The molecule has 1 saturated carbocycles. The third-order valence-electron chi connectivity index (χ3n) is 7.23. The molecule has 0 amide bonds. The first-order valence-corrected chi connectivity index (χ1v) is 10.6. The van der Waals surface area contributed by atoms with Crippen molar-refractivity contribution in [1.29, 1.82) is 0 Å². The highest BCUT2D eigenvalue weighted by atomic mass is 19.1. The van der Waals surface area contributed by atoms with Crippen LogP contribution in [-0.4, -0.2) is 49.8 Å². The summed E-state index contributed by atoms with van der Waals surface area (Å²) in [6, 6.07) is 5.07. The predicted molar refractivity (Wildman–Crippen MR) is 110 cm³/mol. The van der Waals surface area contributed by atoms with E-state index in [1.807, 2.05) is 6.07 Å². The summed E-state index contributed by atoms with van der Waals surface area (Å²) in [6.07, 6.45) is 8.63. The van der Waals surface area contributed by atoms with Gasteiger partial charge in [0.05, 0.1) is 12.3 Å². The zero-order valence-electron chi connectivity index (χ0n) is 17.4. The van der Waals surface area contributed by atoms with Crippen LogP contribution in [0.2, 0.25) is 0 Å². The molecule has 0 bridgehead atoms. The van der Waals surface area contributed by atoms with E-state index in [1.165, 1.54) is 30.2 Å². The molecular weight excluding hydrogens is 355 g/mol. The fourth-order valence-electron chi connectivity index (χ4n) is 5.42. The summed E-state index contributed by atoms with van der Waals surface area (Å²) in [5, 5.41) is 1.03. The van der Waals surface area contributed by atoms with Gasteiger partial charge in [-0.3, -0.25) is 0 Å². The molecule has 0 saturated heterocycles.